The Balaban J connectivity index is 1.62. The number of aryl methyl sites for hydroxylation is 1. The van der Waals surface area contributed by atoms with Crippen molar-refractivity contribution in [3.63, 3.8) is 0 Å². The van der Waals surface area contributed by atoms with Crippen molar-refractivity contribution in [1.29, 1.82) is 0 Å². The van der Waals surface area contributed by atoms with E-state index in [1.807, 2.05) is 62.4 Å². The lowest BCUT2D eigenvalue weighted by atomic mass is 10.0. The van der Waals surface area contributed by atoms with Gasteiger partial charge in [0.25, 0.3) is 0 Å². The second-order valence-corrected chi connectivity index (χ2v) is 8.29. The predicted octanol–water partition coefficient (Wildman–Crippen LogP) is 3.66. The van der Waals surface area contributed by atoms with Crippen molar-refractivity contribution in [3.05, 3.63) is 70.5 Å². The number of aromatic nitrogens is 4. The minimum atomic E-state index is -0.220. The lowest BCUT2D eigenvalue weighted by molar-refractivity contribution is -0.121. The summed E-state index contributed by atoms with van der Waals surface area (Å²) in [4.78, 5) is 30.2. The van der Waals surface area contributed by atoms with Crippen molar-refractivity contribution < 1.29 is 9.32 Å². The van der Waals surface area contributed by atoms with Crippen LogP contribution in [0.25, 0.3) is 22.4 Å². The zero-order chi connectivity index (χ0) is 22.8. The van der Waals surface area contributed by atoms with Gasteiger partial charge in [-0.3, -0.25) is 13.9 Å². The molecule has 2 heterocycles. The maximum atomic E-state index is 13.2. The predicted molar refractivity (Wildman–Crippen MR) is 122 cm³/mol. The van der Waals surface area contributed by atoms with E-state index < -0.39 is 0 Å². The third-order valence-electron chi connectivity index (χ3n) is 5.54. The van der Waals surface area contributed by atoms with E-state index in [2.05, 4.69) is 22.4 Å². The average molecular weight is 434 g/mol. The minimum absolute atomic E-state index is 0.0503. The summed E-state index contributed by atoms with van der Waals surface area (Å²) >= 11 is 0. The zero-order valence-electron chi connectivity index (χ0n) is 18.7. The summed E-state index contributed by atoms with van der Waals surface area (Å²) in [6, 6.07) is 15.5. The van der Waals surface area contributed by atoms with Gasteiger partial charge in [0.05, 0.1) is 11.0 Å². The standard InChI is InChI=1S/C24H27N5O3/c1-15(2)29-20-11-10-19(23-26-17(4)32-27-23)12-21(20)28(24(29)31)14-22(30)25-13-16(3)18-8-6-5-7-9-18/h5-12,15-16H,13-14H2,1-4H3,(H,25,30)/t16-/m0/s1. The van der Waals surface area contributed by atoms with Crippen LogP contribution in [0.5, 0.6) is 0 Å². The molecule has 1 atom stereocenters. The largest absolute Gasteiger partial charge is 0.354 e. The Morgan fingerprint density at radius 1 is 1.09 bits per heavy atom. The van der Waals surface area contributed by atoms with Gasteiger partial charge < -0.3 is 9.84 Å². The number of imidazole rings is 1. The first-order chi connectivity index (χ1) is 15.3. The van der Waals surface area contributed by atoms with Gasteiger partial charge in [-0.2, -0.15) is 4.98 Å². The molecule has 0 saturated carbocycles. The third-order valence-corrected chi connectivity index (χ3v) is 5.54. The molecule has 1 N–H and O–H groups in total. The molecule has 2 aromatic carbocycles. The number of carbonyl (C=O) groups excluding carboxylic acids is 1. The van der Waals surface area contributed by atoms with Gasteiger partial charge in [-0.15, -0.1) is 0 Å². The van der Waals surface area contributed by atoms with Crippen molar-refractivity contribution in [2.75, 3.05) is 6.54 Å². The van der Waals surface area contributed by atoms with E-state index in [9.17, 15) is 9.59 Å². The van der Waals surface area contributed by atoms with Gasteiger partial charge in [0.2, 0.25) is 17.6 Å². The number of rotatable bonds is 7. The van der Waals surface area contributed by atoms with Crippen LogP contribution < -0.4 is 11.0 Å². The summed E-state index contributed by atoms with van der Waals surface area (Å²) in [7, 11) is 0. The number of carbonyl (C=O) groups is 1. The fourth-order valence-corrected chi connectivity index (χ4v) is 3.85. The van der Waals surface area contributed by atoms with Crippen LogP contribution in [0.3, 0.4) is 0 Å². The van der Waals surface area contributed by atoms with Crippen LogP contribution in [-0.4, -0.2) is 31.7 Å². The van der Waals surface area contributed by atoms with Crippen molar-refractivity contribution in [3.8, 4) is 11.4 Å². The molecule has 8 nitrogen and oxygen atoms in total. The number of amides is 1. The van der Waals surface area contributed by atoms with Crippen LogP contribution in [0, 0.1) is 6.92 Å². The van der Waals surface area contributed by atoms with E-state index >= 15 is 0 Å². The van der Waals surface area contributed by atoms with Crippen LogP contribution in [0.15, 0.2) is 57.8 Å². The molecule has 4 rings (SSSR count). The molecule has 0 spiro atoms. The van der Waals surface area contributed by atoms with Crippen molar-refractivity contribution in [1.82, 2.24) is 24.6 Å². The lowest BCUT2D eigenvalue weighted by Crippen LogP contribution is -2.35. The molecule has 8 heteroatoms. The fourth-order valence-electron chi connectivity index (χ4n) is 3.85. The Hall–Kier alpha value is -3.68. The SMILES string of the molecule is Cc1nc(-c2ccc3c(c2)n(CC(=O)NC[C@H](C)c2ccccc2)c(=O)n3C(C)C)no1. The van der Waals surface area contributed by atoms with E-state index in [0.29, 0.717) is 23.8 Å². The monoisotopic (exact) mass is 433 g/mol. The van der Waals surface area contributed by atoms with Crippen LogP contribution in [0.2, 0.25) is 0 Å². The lowest BCUT2D eigenvalue weighted by Gasteiger charge is -2.13. The minimum Gasteiger partial charge on any atom is -0.354 e. The first-order valence-corrected chi connectivity index (χ1v) is 10.7. The molecule has 0 bridgehead atoms. The number of hydrogen-bond donors (Lipinski definition) is 1. The van der Waals surface area contributed by atoms with Crippen molar-refractivity contribution in [2.24, 2.45) is 0 Å². The number of fused-ring (bicyclic) bond motifs is 1. The summed E-state index contributed by atoms with van der Waals surface area (Å²) in [6.45, 7) is 8.11. The van der Waals surface area contributed by atoms with E-state index in [4.69, 9.17) is 4.52 Å². The molecule has 0 radical (unpaired) electrons. The smallest absolute Gasteiger partial charge is 0.329 e. The summed E-state index contributed by atoms with van der Waals surface area (Å²) in [6.07, 6.45) is 0. The number of nitrogens with one attached hydrogen (secondary N) is 1. The molecule has 0 aliphatic heterocycles. The highest BCUT2D eigenvalue weighted by Crippen LogP contribution is 2.24. The van der Waals surface area contributed by atoms with Gasteiger partial charge in [0.1, 0.15) is 6.54 Å². The van der Waals surface area contributed by atoms with Crippen LogP contribution in [0.4, 0.5) is 0 Å². The molecule has 0 aliphatic carbocycles. The highest BCUT2D eigenvalue weighted by Gasteiger charge is 2.19. The highest BCUT2D eigenvalue weighted by atomic mass is 16.5. The Morgan fingerprint density at radius 3 is 2.50 bits per heavy atom. The number of hydrogen-bond acceptors (Lipinski definition) is 5. The topological polar surface area (TPSA) is 95.0 Å². The van der Waals surface area contributed by atoms with Gasteiger partial charge in [-0.1, -0.05) is 42.4 Å². The Kier molecular flexibility index (Phi) is 5.94. The number of nitrogens with zero attached hydrogens (tertiary/aromatic N) is 4. The van der Waals surface area contributed by atoms with Gasteiger partial charge in [0.15, 0.2) is 0 Å². The summed E-state index contributed by atoms with van der Waals surface area (Å²) < 4.78 is 8.29. The Bertz CT molecular complexity index is 1300. The Morgan fingerprint density at radius 2 is 1.84 bits per heavy atom. The summed E-state index contributed by atoms with van der Waals surface area (Å²) in [5, 5.41) is 6.93. The van der Waals surface area contributed by atoms with Crippen LogP contribution >= 0.6 is 0 Å². The Labute approximate surface area is 185 Å². The van der Waals surface area contributed by atoms with Gasteiger partial charge in [0, 0.05) is 25.1 Å². The van der Waals surface area contributed by atoms with Gasteiger partial charge >= 0.3 is 5.69 Å². The first kappa shape index (κ1) is 21.5. The molecule has 0 unspecified atom stereocenters. The van der Waals surface area contributed by atoms with E-state index in [0.717, 1.165) is 16.6 Å². The zero-order valence-corrected chi connectivity index (χ0v) is 18.7. The molecule has 0 fully saturated rings. The molecular weight excluding hydrogens is 406 g/mol. The van der Waals surface area contributed by atoms with E-state index in [1.54, 1.807) is 11.5 Å². The molecule has 1 amide bonds. The first-order valence-electron chi connectivity index (χ1n) is 10.7. The normalized spacial score (nSPS) is 12.4. The van der Waals surface area contributed by atoms with Crippen molar-refractivity contribution >= 4 is 16.9 Å². The van der Waals surface area contributed by atoms with Gasteiger partial charge in [-0.05, 0) is 43.5 Å². The quantitative estimate of drug-likeness (QED) is 0.480. The van der Waals surface area contributed by atoms with Crippen LogP contribution in [0.1, 0.15) is 44.2 Å². The molecule has 0 saturated heterocycles. The molecule has 2 aromatic heterocycles. The average Bonchev–Trinajstić information content (AvgIpc) is 3.33. The molecule has 0 aliphatic rings. The second-order valence-electron chi connectivity index (χ2n) is 8.29. The summed E-state index contributed by atoms with van der Waals surface area (Å²) in [5.41, 5.74) is 3.08. The van der Waals surface area contributed by atoms with Crippen molar-refractivity contribution in [2.45, 2.75) is 46.2 Å². The second kappa shape index (κ2) is 8.82. The molecular formula is C24H27N5O3. The number of benzene rings is 2. The molecule has 32 heavy (non-hydrogen) atoms. The molecule has 166 valence electrons. The highest BCUT2D eigenvalue weighted by molar-refractivity contribution is 5.84. The summed E-state index contributed by atoms with van der Waals surface area (Å²) in [5.74, 6) is 0.867. The maximum Gasteiger partial charge on any atom is 0.329 e. The van der Waals surface area contributed by atoms with Crippen LogP contribution in [-0.2, 0) is 11.3 Å². The van der Waals surface area contributed by atoms with E-state index in [-0.39, 0.29) is 30.1 Å². The molecule has 4 aromatic rings. The maximum absolute atomic E-state index is 13.2. The van der Waals surface area contributed by atoms with Gasteiger partial charge in [-0.25, -0.2) is 4.79 Å². The van der Waals surface area contributed by atoms with E-state index in [1.165, 1.54) is 4.57 Å². The third kappa shape index (κ3) is 4.21. The fraction of sp³-hybridized carbons (Fsp3) is 0.333.